The lowest BCUT2D eigenvalue weighted by atomic mass is 9.86. The number of hydrogen-bond donors (Lipinski definition) is 4. The van der Waals surface area contributed by atoms with E-state index >= 15 is 0 Å². The van der Waals surface area contributed by atoms with Crippen molar-refractivity contribution in [1.29, 1.82) is 0 Å². The highest BCUT2D eigenvalue weighted by Crippen LogP contribution is 2.22. The standard InChI is InChI=1S/C27H38N2O4/c1-25(2,23(30)28-21(26(3,4)32)17-19-13-9-7-10-14-19)24(31)29-22(27(5,6)33)18-20-15-11-8-12-16-20/h7-16,21-22,32-33H,17-18H2,1-6H3,(H,28,30)(H,29,31). The number of hydrogen-bond acceptors (Lipinski definition) is 4. The van der Waals surface area contributed by atoms with Gasteiger partial charge in [-0.2, -0.15) is 0 Å². The maximum atomic E-state index is 13.2. The van der Waals surface area contributed by atoms with Crippen LogP contribution >= 0.6 is 0 Å². The smallest absolute Gasteiger partial charge is 0.235 e. The third kappa shape index (κ3) is 7.69. The molecule has 0 aromatic heterocycles. The molecule has 0 saturated heterocycles. The summed E-state index contributed by atoms with van der Waals surface area (Å²) in [4.78, 5) is 26.4. The molecule has 180 valence electrons. The number of amides is 2. The van der Waals surface area contributed by atoms with Crippen LogP contribution < -0.4 is 10.6 Å². The maximum Gasteiger partial charge on any atom is 0.235 e. The number of aliphatic hydroxyl groups is 2. The van der Waals surface area contributed by atoms with Gasteiger partial charge in [-0.1, -0.05) is 60.7 Å². The Labute approximate surface area is 197 Å². The van der Waals surface area contributed by atoms with Gasteiger partial charge in [0.1, 0.15) is 5.41 Å². The van der Waals surface area contributed by atoms with E-state index in [1.165, 1.54) is 0 Å². The second-order valence-electron chi connectivity index (χ2n) is 10.4. The minimum Gasteiger partial charge on any atom is -0.388 e. The lowest BCUT2D eigenvalue weighted by molar-refractivity contribution is -0.144. The van der Waals surface area contributed by atoms with Crippen molar-refractivity contribution < 1.29 is 19.8 Å². The first-order chi connectivity index (χ1) is 15.2. The van der Waals surface area contributed by atoms with Crippen molar-refractivity contribution in [3.05, 3.63) is 71.8 Å². The van der Waals surface area contributed by atoms with Crippen LogP contribution in [0.1, 0.15) is 52.7 Å². The quantitative estimate of drug-likeness (QED) is 0.415. The fourth-order valence-corrected chi connectivity index (χ4v) is 3.43. The molecule has 2 amide bonds. The topological polar surface area (TPSA) is 98.7 Å². The first-order valence-electron chi connectivity index (χ1n) is 11.4. The van der Waals surface area contributed by atoms with E-state index in [4.69, 9.17) is 0 Å². The molecule has 6 heteroatoms. The Morgan fingerprint density at radius 3 is 1.24 bits per heavy atom. The van der Waals surface area contributed by atoms with Crippen LogP contribution in [0.25, 0.3) is 0 Å². The molecule has 0 fully saturated rings. The number of carbonyl (C=O) groups excluding carboxylic acids is 2. The van der Waals surface area contributed by atoms with Gasteiger partial charge in [-0.15, -0.1) is 0 Å². The summed E-state index contributed by atoms with van der Waals surface area (Å²) in [5.41, 5.74) is -1.86. The average molecular weight is 455 g/mol. The van der Waals surface area contributed by atoms with Crippen molar-refractivity contribution >= 4 is 11.8 Å². The number of carbonyl (C=O) groups is 2. The van der Waals surface area contributed by atoms with Gasteiger partial charge in [-0.25, -0.2) is 0 Å². The van der Waals surface area contributed by atoms with E-state index in [1.807, 2.05) is 60.7 Å². The fraction of sp³-hybridized carbons (Fsp3) is 0.481. The SMILES string of the molecule is CC(C)(C(=O)NC(Cc1ccccc1)C(C)(C)O)C(=O)NC(Cc1ccccc1)C(C)(C)O. The second kappa shape index (κ2) is 10.5. The minimum absolute atomic E-state index is 0.425. The van der Waals surface area contributed by atoms with E-state index < -0.39 is 40.5 Å². The fourth-order valence-electron chi connectivity index (χ4n) is 3.43. The van der Waals surface area contributed by atoms with Crippen molar-refractivity contribution in [2.75, 3.05) is 0 Å². The first-order valence-corrected chi connectivity index (χ1v) is 11.4. The molecule has 2 rings (SSSR count). The summed E-state index contributed by atoms with van der Waals surface area (Å²) in [6, 6.07) is 18.0. The Morgan fingerprint density at radius 2 is 0.970 bits per heavy atom. The van der Waals surface area contributed by atoms with Gasteiger partial charge >= 0.3 is 0 Å². The van der Waals surface area contributed by atoms with Crippen molar-refractivity contribution in [3.63, 3.8) is 0 Å². The number of nitrogens with one attached hydrogen (secondary N) is 2. The Morgan fingerprint density at radius 1 is 0.667 bits per heavy atom. The summed E-state index contributed by atoms with van der Waals surface area (Å²) >= 11 is 0. The minimum atomic E-state index is -1.42. The van der Waals surface area contributed by atoms with Gasteiger partial charge in [-0.05, 0) is 65.5 Å². The van der Waals surface area contributed by atoms with E-state index in [2.05, 4.69) is 10.6 Å². The molecule has 6 nitrogen and oxygen atoms in total. The van der Waals surface area contributed by atoms with Crippen molar-refractivity contribution in [1.82, 2.24) is 10.6 Å². The molecule has 0 radical (unpaired) electrons. The van der Waals surface area contributed by atoms with Crippen LogP contribution in [0.5, 0.6) is 0 Å². The first kappa shape index (κ1) is 26.6. The molecular weight excluding hydrogens is 416 g/mol. The molecule has 4 N–H and O–H groups in total. The predicted molar refractivity (Wildman–Crippen MR) is 131 cm³/mol. The summed E-state index contributed by atoms with van der Waals surface area (Å²) in [7, 11) is 0. The molecule has 0 aliphatic rings. The molecule has 2 aromatic carbocycles. The number of benzene rings is 2. The predicted octanol–water partition coefficient (Wildman–Crippen LogP) is 3.01. The summed E-state index contributed by atoms with van der Waals surface area (Å²) in [5.74, 6) is -0.977. The van der Waals surface area contributed by atoms with Crippen molar-refractivity contribution in [3.8, 4) is 0 Å². The monoisotopic (exact) mass is 454 g/mol. The largest absolute Gasteiger partial charge is 0.388 e. The molecule has 0 bridgehead atoms. The van der Waals surface area contributed by atoms with Crippen LogP contribution in [0.4, 0.5) is 0 Å². The maximum absolute atomic E-state index is 13.2. The van der Waals surface area contributed by atoms with E-state index in [-0.39, 0.29) is 0 Å². The van der Waals surface area contributed by atoms with Gasteiger partial charge in [0.2, 0.25) is 11.8 Å². The molecule has 33 heavy (non-hydrogen) atoms. The van der Waals surface area contributed by atoms with Gasteiger partial charge in [0.25, 0.3) is 0 Å². The molecular formula is C27H38N2O4. The average Bonchev–Trinajstić information content (AvgIpc) is 2.72. The molecule has 0 aliphatic heterocycles. The summed E-state index contributed by atoms with van der Waals surface area (Å²) in [5, 5.41) is 27.1. The Kier molecular flexibility index (Phi) is 8.44. The highest BCUT2D eigenvalue weighted by atomic mass is 16.3. The molecule has 0 aliphatic carbocycles. The van der Waals surface area contributed by atoms with Crippen LogP contribution in [-0.4, -0.2) is 45.3 Å². The zero-order valence-electron chi connectivity index (χ0n) is 20.6. The summed E-state index contributed by atoms with van der Waals surface area (Å²) < 4.78 is 0. The van der Waals surface area contributed by atoms with E-state index in [9.17, 15) is 19.8 Å². The third-order valence-electron chi connectivity index (χ3n) is 6.02. The van der Waals surface area contributed by atoms with Crippen molar-refractivity contribution in [2.45, 2.75) is 77.7 Å². The third-order valence-corrected chi connectivity index (χ3v) is 6.02. The Bertz CT molecular complexity index is 837. The summed E-state index contributed by atoms with van der Waals surface area (Å²) in [6.45, 7) is 9.64. The van der Waals surface area contributed by atoms with Gasteiger partial charge in [0.15, 0.2) is 0 Å². The summed E-state index contributed by atoms with van der Waals surface area (Å²) in [6.07, 6.45) is 0.849. The molecule has 0 saturated carbocycles. The molecule has 2 atom stereocenters. The van der Waals surface area contributed by atoms with Gasteiger partial charge in [0, 0.05) is 0 Å². The Balaban J connectivity index is 2.15. The molecule has 0 heterocycles. The highest BCUT2D eigenvalue weighted by molar-refractivity contribution is 6.04. The molecule has 2 unspecified atom stereocenters. The zero-order chi connectivity index (χ0) is 24.9. The number of rotatable bonds is 10. The normalized spacial score (nSPS) is 14.3. The molecule has 2 aromatic rings. The van der Waals surface area contributed by atoms with Crippen LogP contribution in [0.15, 0.2) is 60.7 Å². The van der Waals surface area contributed by atoms with Crippen LogP contribution in [-0.2, 0) is 22.4 Å². The van der Waals surface area contributed by atoms with Crippen LogP contribution in [0.2, 0.25) is 0 Å². The van der Waals surface area contributed by atoms with Crippen LogP contribution in [0, 0.1) is 5.41 Å². The zero-order valence-corrected chi connectivity index (χ0v) is 20.6. The van der Waals surface area contributed by atoms with E-state index in [0.717, 1.165) is 11.1 Å². The highest BCUT2D eigenvalue weighted by Gasteiger charge is 2.41. The van der Waals surface area contributed by atoms with Crippen molar-refractivity contribution in [2.24, 2.45) is 5.41 Å². The Hall–Kier alpha value is -2.70. The van der Waals surface area contributed by atoms with Gasteiger partial charge in [-0.3, -0.25) is 9.59 Å². The van der Waals surface area contributed by atoms with E-state index in [1.54, 1.807) is 41.5 Å². The van der Waals surface area contributed by atoms with Crippen LogP contribution in [0.3, 0.4) is 0 Å². The van der Waals surface area contributed by atoms with Gasteiger partial charge < -0.3 is 20.8 Å². The molecule has 0 spiro atoms. The van der Waals surface area contributed by atoms with Gasteiger partial charge in [0.05, 0.1) is 23.3 Å². The second-order valence-corrected chi connectivity index (χ2v) is 10.4. The van der Waals surface area contributed by atoms with E-state index in [0.29, 0.717) is 12.8 Å². The lowest BCUT2D eigenvalue weighted by Gasteiger charge is -2.35. The lowest BCUT2D eigenvalue weighted by Crippen LogP contribution is -2.59.